The molecule has 2 aromatic carbocycles. The number of aromatic amines is 1. The van der Waals surface area contributed by atoms with Crippen LogP contribution in [-0.4, -0.2) is 60.4 Å². The lowest BCUT2D eigenvalue weighted by molar-refractivity contribution is -0.146. The second kappa shape index (κ2) is 9.96. The third-order valence-electron chi connectivity index (χ3n) is 7.07. The first kappa shape index (κ1) is 24.4. The number of carbonyl (C=O) groups excluding carboxylic acids is 4. The highest BCUT2D eigenvalue weighted by atomic mass is 16.5. The first-order valence-corrected chi connectivity index (χ1v) is 12.1. The van der Waals surface area contributed by atoms with Gasteiger partial charge in [-0.2, -0.15) is 0 Å². The Labute approximate surface area is 213 Å². The number of nitrogens with one attached hydrogen (secondary N) is 3. The summed E-state index contributed by atoms with van der Waals surface area (Å²) in [6.45, 7) is 0.756. The lowest BCUT2D eigenvalue weighted by Gasteiger charge is -2.26. The van der Waals surface area contributed by atoms with Crippen molar-refractivity contribution in [3.05, 3.63) is 65.4 Å². The lowest BCUT2D eigenvalue weighted by atomic mass is 9.97. The SMILES string of the molecule is COC(=O)C(C[C@@H]1CCNC1=O)NC(=O)C1c2ccccc2CN1C(=O)c1cc2c(OC)cccc2[nH]1. The van der Waals surface area contributed by atoms with Crippen molar-refractivity contribution < 1.29 is 28.7 Å². The standard InChI is InChI=1S/C27H28N4O6/c1-36-22-9-5-8-19-18(22)13-20(29-19)26(34)31-14-16-6-3-4-7-17(16)23(31)25(33)30-21(27(35)37-2)12-15-10-11-28-24(15)32/h3-9,13,15,21,23,29H,10-12,14H2,1-2H3,(H,28,32)(H,30,33)/t15-,21?,23?/m0/s1. The van der Waals surface area contributed by atoms with E-state index in [0.717, 1.165) is 16.5 Å². The van der Waals surface area contributed by atoms with Gasteiger partial charge in [-0.1, -0.05) is 30.3 Å². The van der Waals surface area contributed by atoms with Crippen LogP contribution in [0.4, 0.5) is 0 Å². The van der Waals surface area contributed by atoms with Gasteiger partial charge in [0.25, 0.3) is 5.91 Å². The number of benzene rings is 2. The molecule has 2 unspecified atom stereocenters. The number of fused-ring (bicyclic) bond motifs is 2. The van der Waals surface area contributed by atoms with Crippen molar-refractivity contribution >= 4 is 34.6 Å². The molecule has 3 amide bonds. The van der Waals surface area contributed by atoms with Crippen molar-refractivity contribution in [1.82, 2.24) is 20.5 Å². The number of hydrogen-bond donors (Lipinski definition) is 3. The quantitative estimate of drug-likeness (QED) is 0.423. The van der Waals surface area contributed by atoms with E-state index in [1.54, 1.807) is 19.2 Å². The van der Waals surface area contributed by atoms with Crippen molar-refractivity contribution in [2.45, 2.75) is 31.5 Å². The van der Waals surface area contributed by atoms with Gasteiger partial charge in [0.2, 0.25) is 11.8 Å². The largest absolute Gasteiger partial charge is 0.496 e. The Morgan fingerprint density at radius 1 is 1.14 bits per heavy atom. The van der Waals surface area contributed by atoms with E-state index in [-0.39, 0.29) is 24.8 Å². The van der Waals surface area contributed by atoms with Crippen molar-refractivity contribution in [2.24, 2.45) is 5.92 Å². The molecule has 0 spiro atoms. The number of methoxy groups -OCH3 is 2. The molecule has 0 bridgehead atoms. The van der Waals surface area contributed by atoms with Crippen LogP contribution in [0.1, 0.15) is 40.5 Å². The molecule has 10 nitrogen and oxygen atoms in total. The molecule has 0 radical (unpaired) electrons. The molecule has 3 atom stereocenters. The Morgan fingerprint density at radius 3 is 2.68 bits per heavy atom. The summed E-state index contributed by atoms with van der Waals surface area (Å²) in [5, 5.41) is 6.26. The topological polar surface area (TPSA) is 130 Å². The molecular formula is C27H28N4O6. The zero-order valence-corrected chi connectivity index (χ0v) is 20.6. The zero-order valence-electron chi connectivity index (χ0n) is 20.6. The minimum Gasteiger partial charge on any atom is -0.496 e. The number of nitrogens with zero attached hydrogens (tertiary/aromatic N) is 1. The van der Waals surface area contributed by atoms with Gasteiger partial charge in [0.05, 0.1) is 14.2 Å². The molecule has 5 rings (SSSR count). The Kier molecular flexibility index (Phi) is 6.56. The maximum Gasteiger partial charge on any atom is 0.328 e. The summed E-state index contributed by atoms with van der Waals surface area (Å²) >= 11 is 0. The number of amides is 3. The highest BCUT2D eigenvalue weighted by molar-refractivity contribution is 6.02. The van der Waals surface area contributed by atoms with Gasteiger partial charge >= 0.3 is 5.97 Å². The number of aromatic nitrogens is 1. The molecule has 0 aliphatic carbocycles. The molecule has 1 fully saturated rings. The van der Waals surface area contributed by atoms with E-state index in [0.29, 0.717) is 30.0 Å². The third kappa shape index (κ3) is 4.50. The molecule has 3 aromatic rings. The summed E-state index contributed by atoms with van der Waals surface area (Å²) in [6.07, 6.45) is 0.692. The predicted molar refractivity (Wildman–Crippen MR) is 134 cm³/mol. The number of carbonyl (C=O) groups is 4. The van der Waals surface area contributed by atoms with E-state index in [4.69, 9.17) is 9.47 Å². The smallest absolute Gasteiger partial charge is 0.328 e. The Bertz CT molecular complexity index is 1380. The number of esters is 1. The summed E-state index contributed by atoms with van der Waals surface area (Å²) < 4.78 is 10.3. The first-order valence-electron chi connectivity index (χ1n) is 12.1. The fourth-order valence-electron chi connectivity index (χ4n) is 5.20. The van der Waals surface area contributed by atoms with Gasteiger partial charge in [0.15, 0.2) is 0 Å². The summed E-state index contributed by atoms with van der Waals surface area (Å²) in [6, 6.07) is 12.6. The van der Waals surface area contributed by atoms with E-state index in [9.17, 15) is 19.2 Å². The number of rotatable bonds is 7. The summed E-state index contributed by atoms with van der Waals surface area (Å²) in [5.74, 6) is -1.44. The predicted octanol–water partition coefficient (Wildman–Crippen LogP) is 2.06. The molecule has 0 saturated carbocycles. The Balaban J connectivity index is 1.44. The zero-order chi connectivity index (χ0) is 26.1. The van der Waals surface area contributed by atoms with Crippen molar-refractivity contribution in [2.75, 3.05) is 20.8 Å². The van der Waals surface area contributed by atoms with E-state index >= 15 is 0 Å². The highest BCUT2D eigenvalue weighted by Gasteiger charge is 2.41. The van der Waals surface area contributed by atoms with Gasteiger partial charge in [-0.3, -0.25) is 14.4 Å². The minimum atomic E-state index is -1.02. The number of H-pyrrole nitrogens is 1. The molecule has 3 heterocycles. The van der Waals surface area contributed by atoms with Crippen molar-refractivity contribution in [3.63, 3.8) is 0 Å². The van der Waals surface area contributed by atoms with Crippen LogP contribution in [0.2, 0.25) is 0 Å². The van der Waals surface area contributed by atoms with E-state index in [1.807, 2.05) is 36.4 Å². The van der Waals surface area contributed by atoms with Gasteiger partial charge < -0.3 is 30.0 Å². The molecule has 2 aliphatic rings. The number of hydrogen-bond acceptors (Lipinski definition) is 6. The average molecular weight is 505 g/mol. The molecule has 37 heavy (non-hydrogen) atoms. The highest BCUT2D eigenvalue weighted by Crippen LogP contribution is 2.36. The Hall–Kier alpha value is -4.34. The van der Waals surface area contributed by atoms with E-state index in [2.05, 4.69) is 15.6 Å². The van der Waals surface area contributed by atoms with Gasteiger partial charge in [-0.05, 0) is 42.2 Å². The minimum absolute atomic E-state index is 0.119. The molecule has 192 valence electrons. The van der Waals surface area contributed by atoms with Crippen LogP contribution in [-0.2, 0) is 25.7 Å². The molecule has 10 heteroatoms. The normalized spacial score (nSPS) is 19.3. The molecule has 3 N–H and O–H groups in total. The van der Waals surface area contributed by atoms with Crippen LogP contribution in [0.25, 0.3) is 10.9 Å². The molecule has 1 aromatic heterocycles. The lowest BCUT2D eigenvalue weighted by Crippen LogP contribution is -2.48. The fraction of sp³-hybridized carbons (Fsp3) is 0.333. The maximum atomic E-state index is 13.7. The van der Waals surface area contributed by atoms with Crippen LogP contribution in [0, 0.1) is 5.92 Å². The van der Waals surface area contributed by atoms with Gasteiger partial charge in [0, 0.05) is 29.9 Å². The maximum absolute atomic E-state index is 13.7. The van der Waals surface area contributed by atoms with Gasteiger partial charge in [-0.15, -0.1) is 0 Å². The van der Waals surface area contributed by atoms with Crippen LogP contribution < -0.4 is 15.4 Å². The third-order valence-corrected chi connectivity index (χ3v) is 7.07. The van der Waals surface area contributed by atoms with Crippen LogP contribution in [0.3, 0.4) is 0 Å². The monoisotopic (exact) mass is 504 g/mol. The van der Waals surface area contributed by atoms with E-state index < -0.39 is 29.9 Å². The molecular weight excluding hydrogens is 476 g/mol. The van der Waals surface area contributed by atoms with Gasteiger partial charge in [0.1, 0.15) is 23.5 Å². The average Bonchev–Trinajstić information content (AvgIpc) is 3.63. The fourth-order valence-corrected chi connectivity index (χ4v) is 5.20. The summed E-state index contributed by atoms with van der Waals surface area (Å²) in [7, 11) is 2.80. The second-order valence-corrected chi connectivity index (χ2v) is 9.24. The van der Waals surface area contributed by atoms with E-state index in [1.165, 1.54) is 12.0 Å². The van der Waals surface area contributed by atoms with Crippen LogP contribution in [0.5, 0.6) is 5.75 Å². The summed E-state index contributed by atoms with van der Waals surface area (Å²) in [4.78, 5) is 56.6. The molecule has 1 saturated heterocycles. The van der Waals surface area contributed by atoms with Gasteiger partial charge in [-0.25, -0.2) is 4.79 Å². The number of ether oxygens (including phenoxy) is 2. The van der Waals surface area contributed by atoms with Crippen molar-refractivity contribution in [3.8, 4) is 5.75 Å². The molecule has 2 aliphatic heterocycles. The first-order chi connectivity index (χ1) is 17.9. The van der Waals surface area contributed by atoms with Crippen molar-refractivity contribution in [1.29, 1.82) is 0 Å². The second-order valence-electron chi connectivity index (χ2n) is 9.24. The Morgan fingerprint density at radius 2 is 1.95 bits per heavy atom. The van der Waals surface area contributed by atoms with Crippen LogP contribution >= 0.6 is 0 Å². The van der Waals surface area contributed by atoms with Crippen LogP contribution in [0.15, 0.2) is 48.5 Å². The summed E-state index contributed by atoms with van der Waals surface area (Å²) in [5.41, 5.74) is 2.58.